The lowest BCUT2D eigenvalue weighted by Crippen LogP contribution is -2.10. The molecule has 1 aromatic carbocycles. The largest absolute Gasteiger partial charge is 0.461 e. The summed E-state index contributed by atoms with van der Waals surface area (Å²) in [6, 6.07) is -1.37. The molecule has 0 fully saturated rings. The summed E-state index contributed by atoms with van der Waals surface area (Å²) in [6.07, 6.45) is 0. The molecule has 0 saturated carbocycles. The van der Waals surface area contributed by atoms with Gasteiger partial charge in [-0.3, -0.25) is 0 Å². The Morgan fingerprint density at radius 2 is 2.00 bits per heavy atom. The Bertz CT molecular complexity index is 719. The second kappa shape index (κ2) is 4.26. The molecule has 0 aliphatic rings. The SMILES string of the molecule is [2H]c1c([2H])c([2H])c2nc(C(=O)OCC)c(C)nc2c1[2H]. The molecule has 1 aromatic heterocycles. The van der Waals surface area contributed by atoms with Crippen molar-refractivity contribution < 1.29 is 15.0 Å². The van der Waals surface area contributed by atoms with Crippen LogP contribution >= 0.6 is 0 Å². The lowest BCUT2D eigenvalue weighted by molar-refractivity contribution is 0.0518. The maximum Gasteiger partial charge on any atom is 0.358 e. The first-order valence-electron chi connectivity index (χ1n) is 6.80. The number of aryl methyl sites for hydroxylation is 1. The number of carbonyl (C=O) groups excluding carboxylic acids is 1. The molecule has 0 radical (unpaired) electrons. The first-order valence-corrected chi connectivity index (χ1v) is 4.80. The average Bonchev–Trinajstić information content (AvgIpc) is 2.42. The third-order valence-corrected chi connectivity index (χ3v) is 1.96. The van der Waals surface area contributed by atoms with Gasteiger partial charge in [0, 0.05) is 0 Å². The summed E-state index contributed by atoms with van der Waals surface area (Å²) in [5.74, 6) is -0.660. The smallest absolute Gasteiger partial charge is 0.358 e. The zero-order valence-electron chi connectivity index (χ0n) is 12.9. The molecule has 16 heavy (non-hydrogen) atoms. The van der Waals surface area contributed by atoms with Crippen LogP contribution in [0.3, 0.4) is 0 Å². The highest BCUT2D eigenvalue weighted by molar-refractivity contribution is 5.90. The van der Waals surface area contributed by atoms with Crippen molar-refractivity contribution in [3.05, 3.63) is 35.6 Å². The average molecular weight is 220 g/mol. The lowest BCUT2D eigenvalue weighted by atomic mass is 10.2. The Balaban J connectivity index is 2.80. The van der Waals surface area contributed by atoms with Gasteiger partial charge >= 0.3 is 5.97 Å². The van der Waals surface area contributed by atoms with Crippen LogP contribution in [0, 0.1) is 6.92 Å². The van der Waals surface area contributed by atoms with Gasteiger partial charge in [0.05, 0.1) is 28.8 Å². The van der Waals surface area contributed by atoms with Crippen molar-refractivity contribution in [2.45, 2.75) is 13.8 Å². The number of ether oxygens (including phenoxy) is 1. The quantitative estimate of drug-likeness (QED) is 0.727. The first kappa shape index (κ1) is 6.58. The van der Waals surface area contributed by atoms with Gasteiger partial charge in [0.1, 0.15) is 0 Å². The van der Waals surface area contributed by atoms with E-state index in [0.29, 0.717) is 0 Å². The minimum atomic E-state index is -0.660. The fourth-order valence-electron chi connectivity index (χ4n) is 1.27. The summed E-state index contributed by atoms with van der Waals surface area (Å²) < 4.78 is 35.6. The van der Waals surface area contributed by atoms with Crippen LogP contribution in [0.15, 0.2) is 24.2 Å². The molecule has 2 rings (SSSR count). The number of benzene rings is 1. The summed E-state index contributed by atoms with van der Waals surface area (Å²) in [5, 5.41) is 0. The summed E-state index contributed by atoms with van der Waals surface area (Å²) in [4.78, 5) is 19.8. The number of fused-ring (bicyclic) bond motifs is 1. The number of hydrogen-bond donors (Lipinski definition) is 0. The second-order valence-electron chi connectivity index (χ2n) is 3.08. The number of esters is 1. The van der Waals surface area contributed by atoms with Gasteiger partial charge in [-0.1, -0.05) is 12.1 Å². The van der Waals surface area contributed by atoms with E-state index in [-0.39, 0.29) is 47.2 Å². The van der Waals surface area contributed by atoms with Gasteiger partial charge in [-0.15, -0.1) is 0 Å². The van der Waals surface area contributed by atoms with Crippen LogP contribution < -0.4 is 0 Å². The fourth-order valence-corrected chi connectivity index (χ4v) is 1.27. The zero-order chi connectivity index (χ0) is 15.0. The summed E-state index contributed by atoms with van der Waals surface area (Å²) in [7, 11) is 0. The third kappa shape index (κ3) is 1.86. The summed E-state index contributed by atoms with van der Waals surface area (Å²) in [5.41, 5.74) is 0.233. The maximum atomic E-state index is 11.7. The van der Waals surface area contributed by atoms with Crippen molar-refractivity contribution in [3.63, 3.8) is 0 Å². The molecule has 0 atom stereocenters. The molecule has 0 aliphatic carbocycles. The maximum absolute atomic E-state index is 11.7. The minimum Gasteiger partial charge on any atom is -0.461 e. The molecule has 4 heteroatoms. The number of aromatic nitrogens is 2. The van der Waals surface area contributed by atoms with Gasteiger partial charge in [-0.25, -0.2) is 14.8 Å². The number of carbonyl (C=O) groups is 1. The predicted molar refractivity (Wildman–Crippen MR) is 60.2 cm³/mol. The van der Waals surface area contributed by atoms with Gasteiger partial charge in [-0.2, -0.15) is 0 Å². The second-order valence-corrected chi connectivity index (χ2v) is 3.08. The standard InChI is InChI=1S/C12H12N2O2/c1-3-16-12(15)11-8(2)13-9-6-4-5-7-10(9)14-11/h4-7H,3H2,1-2H3/i4D,5D,6D,7D. The molecule has 0 N–H and O–H groups in total. The van der Waals surface area contributed by atoms with E-state index < -0.39 is 12.0 Å². The van der Waals surface area contributed by atoms with Crippen molar-refractivity contribution in [2.75, 3.05) is 6.61 Å². The van der Waals surface area contributed by atoms with E-state index in [4.69, 9.17) is 10.2 Å². The minimum absolute atomic E-state index is 0.0374. The zero-order valence-corrected chi connectivity index (χ0v) is 8.92. The van der Waals surface area contributed by atoms with Gasteiger partial charge in [-0.05, 0) is 25.9 Å². The highest BCUT2D eigenvalue weighted by atomic mass is 16.5. The van der Waals surface area contributed by atoms with Crippen LogP contribution in [0.25, 0.3) is 11.0 Å². The lowest BCUT2D eigenvalue weighted by Gasteiger charge is -2.05. The Labute approximate surface area is 98.9 Å². The van der Waals surface area contributed by atoms with Gasteiger partial charge in [0.15, 0.2) is 5.69 Å². The van der Waals surface area contributed by atoms with Gasteiger partial charge in [0.25, 0.3) is 0 Å². The summed E-state index contributed by atoms with van der Waals surface area (Å²) >= 11 is 0. The molecule has 0 spiro atoms. The van der Waals surface area contributed by atoms with E-state index in [0.717, 1.165) is 0 Å². The molecule has 0 amide bonds. The number of nitrogens with zero attached hydrogens (tertiary/aromatic N) is 2. The van der Waals surface area contributed by atoms with E-state index in [1.807, 2.05) is 0 Å². The van der Waals surface area contributed by atoms with Crippen molar-refractivity contribution in [1.82, 2.24) is 9.97 Å². The van der Waals surface area contributed by atoms with E-state index in [1.165, 1.54) is 0 Å². The van der Waals surface area contributed by atoms with Crippen molar-refractivity contribution in [3.8, 4) is 0 Å². The van der Waals surface area contributed by atoms with Crippen molar-refractivity contribution in [2.24, 2.45) is 0 Å². The molecule has 0 bridgehead atoms. The number of para-hydroxylation sites is 2. The molecule has 82 valence electrons. The predicted octanol–water partition coefficient (Wildman–Crippen LogP) is 2.11. The molecule has 0 aliphatic heterocycles. The highest BCUT2D eigenvalue weighted by Gasteiger charge is 2.13. The van der Waals surface area contributed by atoms with Crippen molar-refractivity contribution >= 4 is 17.0 Å². The number of hydrogen-bond acceptors (Lipinski definition) is 4. The normalized spacial score (nSPS) is 13.9. The Hall–Kier alpha value is -1.97. The molecular formula is C12H12N2O2. The van der Waals surface area contributed by atoms with Gasteiger partial charge in [0.2, 0.25) is 0 Å². The van der Waals surface area contributed by atoms with E-state index in [1.54, 1.807) is 13.8 Å². The third-order valence-electron chi connectivity index (χ3n) is 1.96. The molecule has 4 nitrogen and oxygen atoms in total. The first-order chi connectivity index (χ1) is 9.38. The molecule has 0 unspecified atom stereocenters. The van der Waals surface area contributed by atoms with E-state index >= 15 is 0 Å². The van der Waals surface area contributed by atoms with Crippen LogP contribution in [0.1, 0.15) is 28.6 Å². The number of rotatable bonds is 2. The Morgan fingerprint density at radius 1 is 1.38 bits per heavy atom. The van der Waals surface area contributed by atoms with E-state index in [2.05, 4.69) is 9.97 Å². The highest BCUT2D eigenvalue weighted by Crippen LogP contribution is 2.12. The van der Waals surface area contributed by atoms with Crippen molar-refractivity contribution in [1.29, 1.82) is 0 Å². The molecular weight excluding hydrogens is 204 g/mol. The van der Waals surface area contributed by atoms with Crippen LogP contribution in [0.4, 0.5) is 0 Å². The van der Waals surface area contributed by atoms with Crippen LogP contribution in [0.2, 0.25) is 0 Å². The Morgan fingerprint density at radius 3 is 2.62 bits per heavy atom. The Kier molecular flexibility index (Phi) is 1.75. The van der Waals surface area contributed by atoms with Crippen LogP contribution in [-0.2, 0) is 4.74 Å². The van der Waals surface area contributed by atoms with Crippen LogP contribution in [-0.4, -0.2) is 22.5 Å². The van der Waals surface area contributed by atoms with Gasteiger partial charge < -0.3 is 4.74 Å². The monoisotopic (exact) mass is 220 g/mol. The molecule has 1 heterocycles. The molecule has 2 aromatic rings. The molecule has 0 saturated heterocycles. The topological polar surface area (TPSA) is 52.1 Å². The fraction of sp³-hybridized carbons (Fsp3) is 0.250. The van der Waals surface area contributed by atoms with Crippen LogP contribution in [0.5, 0.6) is 0 Å². The summed E-state index contributed by atoms with van der Waals surface area (Å²) in [6.45, 7) is 3.39. The van der Waals surface area contributed by atoms with E-state index in [9.17, 15) is 4.79 Å².